The van der Waals surface area contributed by atoms with E-state index in [1.807, 2.05) is 31.1 Å². The highest BCUT2D eigenvalue weighted by Crippen LogP contribution is 2.26. The Hall–Kier alpha value is -1.97. The van der Waals surface area contributed by atoms with Crippen molar-refractivity contribution in [3.63, 3.8) is 0 Å². The van der Waals surface area contributed by atoms with Crippen LogP contribution in [-0.2, 0) is 9.68 Å². The Bertz CT molecular complexity index is 399. The van der Waals surface area contributed by atoms with Crippen molar-refractivity contribution in [1.29, 1.82) is 0 Å². The van der Waals surface area contributed by atoms with Crippen LogP contribution in [0.1, 0.15) is 6.92 Å². The molecule has 0 aliphatic carbocycles. The van der Waals surface area contributed by atoms with Crippen LogP contribution < -0.4 is 9.79 Å². The maximum Gasteiger partial charge on any atom is 0.381 e. The van der Waals surface area contributed by atoms with E-state index in [0.29, 0.717) is 11.3 Å². The number of benzene rings is 1. The molecule has 86 valence electrons. The summed E-state index contributed by atoms with van der Waals surface area (Å²) in [6, 6.07) is 7.27. The van der Waals surface area contributed by atoms with Crippen molar-refractivity contribution < 1.29 is 14.6 Å². The van der Waals surface area contributed by atoms with Crippen molar-refractivity contribution in [3.8, 4) is 5.75 Å². The first-order valence-electron chi connectivity index (χ1n) is 4.83. The highest BCUT2D eigenvalue weighted by Gasteiger charge is 2.09. The van der Waals surface area contributed by atoms with Crippen molar-refractivity contribution in [2.45, 2.75) is 6.92 Å². The Morgan fingerprint density at radius 2 is 1.94 bits per heavy atom. The smallest absolute Gasteiger partial charge is 0.375 e. The maximum absolute atomic E-state index is 11.1. The van der Waals surface area contributed by atoms with E-state index in [-0.39, 0.29) is 0 Å². The molecule has 0 saturated carbocycles. The molecule has 0 amide bonds. The van der Waals surface area contributed by atoms with Crippen LogP contribution in [0, 0.1) is 0 Å². The molecule has 1 rings (SSSR count). The number of anilines is 1. The van der Waals surface area contributed by atoms with Gasteiger partial charge in [0.25, 0.3) is 0 Å². The zero-order valence-corrected chi connectivity index (χ0v) is 9.69. The molecule has 16 heavy (non-hydrogen) atoms. The predicted molar refractivity (Wildman–Crippen MR) is 62.3 cm³/mol. The SMILES string of the molecule is C=C(C)C(=O)OOc1ccccc1N(C)C. The van der Waals surface area contributed by atoms with Crippen molar-refractivity contribution >= 4 is 11.7 Å². The minimum atomic E-state index is -0.575. The normalized spacial score (nSPS) is 9.44. The molecule has 1 aromatic rings. The lowest BCUT2D eigenvalue weighted by Crippen LogP contribution is -2.13. The second-order valence-electron chi connectivity index (χ2n) is 3.60. The number of hydrogen-bond acceptors (Lipinski definition) is 4. The van der Waals surface area contributed by atoms with Crippen molar-refractivity contribution in [2.24, 2.45) is 0 Å². The zero-order chi connectivity index (χ0) is 12.1. The number of nitrogens with zero attached hydrogens (tertiary/aromatic N) is 1. The Balaban J connectivity index is 2.74. The van der Waals surface area contributed by atoms with E-state index in [9.17, 15) is 4.79 Å². The van der Waals surface area contributed by atoms with Gasteiger partial charge in [0.1, 0.15) is 0 Å². The molecular formula is C12H15NO3. The average Bonchev–Trinajstić information content (AvgIpc) is 2.25. The van der Waals surface area contributed by atoms with Gasteiger partial charge in [-0.25, -0.2) is 9.68 Å². The maximum atomic E-state index is 11.1. The van der Waals surface area contributed by atoms with Gasteiger partial charge in [0, 0.05) is 19.7 Å². The van der Waals surface area contributed by atoms with Gasteiger partial charge in [-0.05, 0) is 19.1 Å². The first kappa shape index (κ1) is 12.1. The molecule has 0 aliphatic heterocycles. The van der Waals surface area contributed by atoms with Crippen LogP contribution in [0.2, 0.25) is 0 Å². The predicted octanol–water partition coefficient (Wildman–Crippen LogP) is 2.17. The molecule has 0 N–H and O–H groups in total. The Labute approximate surface area is 95.0 Å². The molecule has 0 aromatic heterocycles. The van der Waals surface area contributed by atoms with Gasteiger partial charge in [-0.15, -0.1) is 0 Å². The molecule has 0 heterocycles. The molecule has 0 spiro atoms. The fourth-order valence-electron chi connectivity index (χ4n) is 1.05. The largest absolute Gasteiger partial charge is 0.381 e. The fourth-order valence-corrected chi connectivity index (χ4v) is 1.05. The summed E-state index contributed by atoms with van der Waals surface area (Å²) in [6.07, 6.45) is 0. The summed E-state index contributed by atoms with van der Waals surface area (Å²) < 4.78 is 0. The van der Waals surface area contributed by atoms with Gasteiger partial charge < -0.3 is 4.90 Å². The van der Waals surface area contributed by atoms with Crippen molar-refractivity contribution in [1.82, 2.24) is 0 Å². The quantitative estimate of drug-likeness (QED) is 0.443. The Morgan fingerprint density at radius 1 is 1.31 bits per heavy atom. The molecule has 0 atom stereocenters. The second-order valence-corrected chi connectivity index (χ2v) is 3.60. The van der Waals surface area contributed by atoms with E-state index in [4.69, 9.17) is 4.89 Å². The summed E-state index contributed by atoms with van der Waals surface area (Å²) in [5, 5.41) is 0. The lowest BCUT2D eigenvalue weighted by atomic mass is 10.3. The molecule has 0 fully saturated rings. The van der Waals surface area contributed by atoms with E-state index >= 15 is 0 Å². The fraction of sp³-hybridized carbons (Fsp3) is 0.250. The summed E-state index contributed by atoms with van der Waals surface area (Å²) in [7, 11) is 3.76. The van der Waals surface area contributed by atoms with Gasteiger partial charge >= 0.3 is 5.97 Å². The van der Waals surface area contributed by atoms with Gasteiger partial charge in [0.15, 0.2) is 0 Å². The van der Waals surface area contributed by atoms with Gasteiger partial charge in [-0.1, -0.05) is 18.7 Å². The van der Waals surface area contributed by atoms with Crippen LogP contribution in [0.4, 0.5) is 5.69 Å². The zero-order valence-electron chi connectivity index (χ0n) is 9.69. The number of carbonyl (C=O) groups is 1. The van der Waals surface area contributed by atoms with Crippen molar-refractivity contribution in [2.75, 3.05) is 19.0 Å². The van der Waals surface area contributed by atoms with E-state index < -0.39 is 5.97 Å². The van der Waals surface area contributed by atoms with Crippen LogP contribution in [0.3, 0.4) is 0 Å². The molecular weight excluding hydrogens is 206 g/mol. The molecule has 1 aromatic carbocycles. The van der Waals surface area contributed by atoms with Crippen LogP contribution in [-0.4, -0.2) is 20.1 Å². The number of carbonyl (C=O) groups excluding carboxylic acids is 1. The van der Waals surface area contributed by atoms with Crippen LogP contribution in [0.5, 0.6) is 5.75 Å². The van der Waals surface area contributed by atoms with Gasteiger partial charge in [-0.2, -0.15) is 0 Å². The lowest BCUT2D eigenvalue weighted by molar-refractivity contribution is -0.208. The van der Waals surface area contributed by atoms with E-state index in [1.54, 1.807) is 19.1 Å². The summed E-state index contributed by atoms with van der Waals surface area (Å²) in [6.45, 7) is 5.02. The number of rotatable bonds is 4. The average molecular weight is 221 g/mol. The minimum absolute atomic E-state index is 0.294. The first-order chi connectivity index (χ1) is 7.52. The highest BCUT2D eigenvalue weighted by molar-refractivity contribution is 5.86. The monoisotopic (exact) mass is 221 g/mol. The first-order valence-corrected chi connectivity index (χ1v) is 4.83. The van der Waals surface area contributed by atoms with E-state index in [2.05, 4.69) is 11.5 Å². The summed E-state index contributed by atoms with van der Waals surface area (Å²) in [5.41, 5.74) is 1.12. The highest BCUT2D eigenvalue weighted by atomic mass is 17.2. The Kier molecular flexibility index (Phi) is 3.94. The van der Waals surface area contributed by atoms with Crippen LogP contribution in [0.25, 0.3) is 0 Å². The van der Waals surface area contributed by atoms with E-state index in [0.717, 1.165) is 5.69 Å². The molecule has 0 radical (unpaired) electrons. The number of para-hydroxylation sites is 2. The third-order valence-electron chi connectivity index (χ3n) is 1.90. The summed E-state index contributed by atoms with van der Waals surface area (Å²) in [4.78, 5) is 22.6. The summed E-state index contributed by atoms with van der Waals surface area (Å²) >= 11 is 0. The molecule has 4 heteroatoms. The van der Waals surface area contributed by atoms with Crippen molar-refractivity contribution in [3.05, 3.63) is 36.4 Å². The Morgan fingerprint density at radius 3 is 2.50 bits per heavy atom. The molecule has 4 nitrogen and oxygen atoms in total. The molecule has 0 aliphatic rings. The van der Waals surface area contributed by atoms with Gasteiger partial charge in [0.05, 0.1) is 5.69 Å². The third kappa shape index (κ3) is 3.02. The van der Waals surface area contributed by atoms with Gasteiger partial charge in [0.2, 0.25) is 5.75 Å². The standard InChI is InChI=1S/C12H15NO3/c1-9(2)12(14)16-15-11-8-6-5-7-10(11)13(3)4/h5-8H,1H2,2-4H3. The molecule has 0 unspecified atom stereocenters. The third-order valence-corrected chi connectivity index (χ3v) is 1.90. The lowest BCUT2D eigenvalue weighted by Gasteiger charge is -2.15. The molecule has 0 saturated heterocycles. The topological polar surface area (TPSA) is 38.8 Å². The van der Waals surface area contributed by atoms with Gasteiger partial charge in [-0.3, -0.25) is 4.89 Å². The summed E-state index contributed by atoms with van der Waals surface area (Å²) in [5.74, 6) is -0.0874. The van der Waals surface area contributed by atoms with Crippen LogP contribution >= 0.6 is 0 Å². The number of hydrogen-bond donors (Lipinski definition) is 0. The van der Waals surface area contributed by atoms with Crippen LogP contribution in [0.15, 0.2) is 36.4 Å². The molecule has 0 bridgehead atoms. The minimum Gasteiger partial charge on any atom is -0.375 e. The second kappa shape index (κ2) is 5.21. The van der Waals surface area contributed by atoms with E-state index in [1.165, 1.54) is 0 Å².